The van der Waals surface area contributed by atoms with Crippen molar-refractivity contribution in [1.29, 1.82) is 0 Å². The average Bonchev–Trinajstić information content (AvgIpc) is 3.00. The summed E-state index contributed by atoms with van der Waals surface area (Å²) in [5.74, 6) is 0. The highest BCUT2D eigenvalue weighted by atomic mass is 32.2. The second-order valence-corrected chi connectivity index (χ2v) is 6.96. The van der Waals surface area contributed by atoms with E-state index in [0.29, 0.717) is 0 Å². The number of aromatic amines is 1. The number of nitrogens with one attached hydrogen (secondary N) is 2. The molecule has 2 N–H and O–H groups in total. The molecule has 0 saturated carbocycles. The van der Waals surface area contributed by atoms with Gasteiger partial charge in [0.1, 0.15) is 0 Å². The van der Waals surface area contributed by atoms with Gasteiger partial charge in [0.15, 0.2) is 5.03 Å². The van der Waals surface area contributed by atoms with Crippen molar-refractivity contribution in [3.05, 3.63) is 34.4 Å². The topological polar surface area (TPSA) is 74.8 Å². The maximum absolute atomic E-state index is 12.1. The lowest BCUT2D eigenvalue weighted by atomic mass is 9.95. The van der Waals surface area contributed by atoms with Gasteiger partial charge in [-0.15, -0.1) is 11.3 Å². The van der Waals surface area contributed by atoms with E-state index in [0.717, 1.165) is 24.8 Å². The first kappa shape index (κ1) is 11.9. The standard InChI is InChI=1S/C11H13N3O2S2/c15-18(16,11-6-12-7-13-11)14-9-2-1-3-10-8(9)4-5-17-10/h4-7,9,14H,1-3H2,(H,12,13). The van der Waals surface area contributed by atoms with Crippen LogP contribution in [0, 0.1) is 0 Å². The lowest BCUT2D eigenvalue weighted by Crippen LogP contribution is -2.30. The molecule has 0 aromatic carbocycles. The van der Waals surface area contributed by atoms with Crippen LogP contribution >= 0.6 is 11.3 Å². The van der Waals surface area contributed by atoms with Crippen LogP contribution in [0.4, 0.5) is 0 Å². The molecule has 5 nitrogen and oxygen atoms in total. The quantitative estimate of drug-likeness (QED) is 0.902. The molecule has 7 heteroatoms. The molecule has 0 aliphatic heterocycles. The summed E-state index contributed by atoms with van der Waals surface area (Å²) in [4.78, 5) is 7.66. The van der Waals surface area contributed by atoms with Crippen molar-refractivity contribution in [2.45, 2.75) is 30.3 Å². The van der Waals surface area contributed by atoms with Crippen molar-refractivity contribution in [1.82, 2.24) is 14.7 Å². The Morgan fingerprint density at radius 1 is 1.50 bits per heavy atom. The fraction of sp³-hybridized carbons (Fsp3) is 0.364. The number of thiophene rings is 1. The number of hydrogen-bond donors (Lipinski definition) is 2. The Morgan fingerprint density at radius 2 is 2.39 bits per heavy atom. The fourth-order valence-electron chi connectivity index (χ4n) is 2.25. The molecule has 3 rings (SSSR count). The van der Waals surface area contributed by atoms with Gasteiger partial charge in [-0.05, 0) is 36.3 Å². The number of H-pyrrole nitrogens is 1. The van der Waals surface area contributed by atoms with Gasteiger partial charge in [0.2, 0.25) is 0 Å². The zero-order valence-electron chi connectivity index (χ0n) is 9.59. The maximum Gasteiger partial charge on any atom is 0.258 e. The number of aromatic nitrogens is 2. The van der Waals surface area contributed by atoms with Crippen LogP contribution in [0.1, 0.15) is 29.3 Å². The molecule has 96 valence electrons. The third-order valence-electron chi connectivity index (χ3n) is 3.11. The third-order valence-corrected chi connectivity index (χ3v) is 5.51. The Labute approximate surface area is 109 Å². The van der Waals surface area contributed by atoms with Crippen molar-refractivity contribution in [3.8, 4) is 0 Å². The number of sulfonamides is 1. The molecule has 0 fully saturated rings. The van der Waals surface area contributed by atoms with E-state index in [1.807, 2.05) is 11.4 Å². The zero-order chi connectivity index (χ0) is 12.6. The summed E-state index contributed by atoms with van der Waals surface area (Å²) in [5, 5.41) is 2.14. The minimum absolute atomic E-state index is 0.116. The first-order valence-electron chi connectivity index (χ1n) is 5.74. The van der Waals surface area contributed by atoms with Crippen LogP contribution in [0.3, 0.4) is 0 Å². The van der Waals surface area contributed by atoms with Crippen molar-refractivity contribution in [3.63, 3.8) is 0 Å². The molecule has 1 aliphatic rings. The molecule has 2 aromatic rings. The predicted molar refractivity (Wildman–Crippen MR) is 68.9 cm³/mol. The van der Waals surface area contributed by atoms with Crippen LogP contribution in [-0.2, 0) is 16.4 Å². The summed E-state index contributed by atoms with van der Waals surface area (Å²) in [7, 11) is -3.50. The van der Waals surface area contributed by atoms with E-state index in [4.69, 9.17) is 0 Å². The first-order chi connectivity index (χ1) is 8.67. The molecule has 2 aromatic heterocycles. The first-order valence-corrected chi connectivity index (χ1v) is 8.10. The van der Waals surface area contributed by atoms with Gasteiger partial charge in [-0.25, -0.2) is 18.1 Å². The van der Waals surface area contributed by atoms with E-state index in [1.165, 1.54) is 17.4 Å². The van der Waals surface area contributed by atoms with Gasteiger partial charge < -0.3 is 4.98 Å². The number of nitrogens with zero attached hydrogens (tertiary/aromatic N) is 1. The second kappa shape index (κ2) is 4.49. The Balaban J connectivity index is 1.87. The number of fused-ring (bicyclic) bond motifs is 1. The normalized spacial score (nSPS) is 19.7. The van der Waals surface area contributed by atoms with E-state index in [1.54, 1.807) is 11.3 Å². The second-order valence-electron chi connectivity index (χ2n) is 4.28. The molecule has 0 saturated heterocycles. The minimum Gasteiger partial charge on any atom is -0.335 e. The van der Waals surface area contributed by atoms with Crippen LogP contribution in [-0.4, -0.2) is 18.4 Å². The Morgan fingerprint density at radius 3 is 3.17 bits per heavy atom. The van der Waals surface area contributed by atoms with Crippen LogP contribution in [0.5, 0.6) is 0 Å². The molecule has 0 amide bonds. The van der Waals surface area contributed by atoms with Gasteiger partial charge >= 0.3 is 0 Å². The summed E-state index contributed by atoms with van der Waals surface area (Å²) in [6.45, 7) is 0. The molecule has 1 unspecified atom stereocenters. The van der Waals surface area contributed by atoms with E-state index in [-0.39, 0.29) is 11.1 Å². The molecular weight excluding hydrogens is 270 g/mol. The lowest BCUT2D eigenvalue weighted by molar-refractivity contribution is 0.509. The highest BCUT2D eigenvalue weighted by Gasteiger charge is 2.26. The molecular formula is C11H13N3O2S2. The van der Waals surface area contributed by atoms with Crippen LogP contribution in [0.2, 0.25) is 0 Å². The number of hydrogen-bond acceptors (Lipinski definition) is 4. The van der Waals surface area contributed by atoms with Crippen LogP contribution in [0.15, 0.2) is 29.0 Å². The smallest absolute Gasteiger partial charge is 0.258 e. The summed E-state index contributed by atoms with van der Waals surface area (Å²) >= 11 is 1.70. The molecule has 2 heterocycles. The molecule has 1 atom stereocenters. The minimum atomic E-state index is -3.50. The summed E-state index contributed by atoms with van der Waals surface area (Å²) in [6.07, 6.45) is 5.60. The third kappa shape index (κ3) is 2.09. The number of rotatable bonds is 3. The number of aryl methyl sites for hydroxylation is 1. The average molecular weight is 283 g/mol. The Hall–Kier alpha value is -1.18. The van der Waals surface area contributed by atoms with E-state index in [2.05, 4.69) is 14.7 Å². The Kier molecular flexibility index (Phi) is 2.96. The monoisotopic (exact) mass is 283 g/mol. The van der Waals surface area contributed by atoms with Crippen molar-refractivity contribution < 1.29 is 8.42 Å². The lowest BCUT2D eigenvalue weighted by Gasteiger charge is -2.23. The van der Waals surface area contributed by atoms with E-state index >= 15 is 0 Å². The SMILES string of the molecule is O=S(=O)(NC1CCCc2sccc21)c1cnc[nH]1. The summed E-state index contributed by atoms with van der Waals surface area (Å²) in [5.41, 5.74) is 1.12. The van der Waals surface area contributed by atoms with Gasteiger partial charge in [0, 0.05) is 10.9 Å². The number of imidazole rings is 1. The zero-order valence-corrected chi connectivity index (χ0v) is 11.2. The van der Waals surface area contributed by atoms with Crippen LogP contribution in [0.25, 0.3) is 0 Å². The van der Waals surface area contributed by atoms with E-state index < -0.39 is 10.0 Å². The van der Waals surface area contributed by atoms with Gasteiger partial charge in [-0.2, -0.15) is 0 Å². The molecule has 1 aliphatic carbocycles. The van der Waals surface area contributed by atoms with Gasteiger partial charge in [-0.1, -0.05) is 0 Å². The molecule has 0 bridgehead atoms. The highest BCUT2D eigenvalue weighted by molar-refractivity contribution is 7.89. The van der Waals surface area contributed by atoms with E-state index in [9.17, 15) is 8.42 Å². The fourth-order valence-corrected chi connectivity index (χ4v) is 4.39. The summed E-state index contributed by atoms with van der Waals surface area (Å²) in [6, 6.07) is 1.90. The van der Waals surface area contributed by atoms with Crippen LogP contribution < -0.4 is 4.72 Å². The molecule has 18 heavy (non-hydrogen) atoms. The highest BCUT2D eigenvalue weighted by Crippen LogP contribution is 2.34. The molecule has 0 spiro atoms. The largest absolute Gasteiger partial charge is 0.335 e. The molecule has 0 radical (unpaired) electrons. The van der Waals surface area contributed by atoms with Gasteiger partial charge in [-0.3, -0.25) is 0 Å². The van der Waals surface area contributed by atoms with Gasteiger partial charge in [0.25, 0.3) is 10.0 Å². The van der Waals surface area contributed by atoms with Crippen molar-refractivity contribution in [2.75, 3.05) is 0 Å². The predicted octanol–water partition coefficient (Wildman–Crippen LogP) is 1.83. The van der Waals surface area contributed by atoms with Crippen molar-refractivity contribution in [2.24, 2.45) is 0 Å². The summed E-state index contributed by atoms with van der Waals surface area (Å²) < 4.78 is 27.0. The van der Waals surface area contributed by atoms with Crippen molar-refractivity contribution >= 4 is 21.4 Å². The Bertz CT molecular complexity index is 631. The van der Waals surface area contributed by atoms with Gasteiger partial charge in [0.05, 0.1) is 12.5 Å². The maximum atomic E-state index is 12.1.